The van der Waals surface area contributed by atoms with Crippen LogP contribution in [-0.2, 0) is 14.3 Å². The van der Waals surface area contributed by atoms with Gasteiger partial charge in [-0.15, -0.1) is 0 Å². The van der Waals surface area contributed by atoms with E-state index < -0.39 is 11.8 Å². The van der Waals surface area contributed by atoms with Crippen LogP contribution in [0.25, 0.3) is 0 Å². The number of methoxy groups -OCH3 is 1. The number of anilines is 1. The highest BCUT2D eigenvalue weighted by Gasteiger charge is 2.33. The first-order valence-corrected chi connectivity index (χ1v) is 8.97. The summed E-state index contributed by atoms with van der Waals surface area (Å²) < 4.78 is 5.58. The van der Waals surface area contributed by atoms with E-state index in [1.165, 1.54) is 0 Å². The molecule has 1 aromatic carbocycles. The van der Waals surface area contributed by atoms with Gasteiger partial charge in [0, 0.05) is 24.4 Å². The Hall–Kier alpha value is -1.24. The van der Waals surface area contributed by atoms with Crippen LogP contribution in [0.1, 0.15) is 18.4 Å². The summed E-state index contributed by atoms with van der Waals surface area (Å²) in [5, 5.41) is 5.76. The molecule has 7 heteroatoms. The van der Waals surface area contributed by atoms with Crippen molar-refractivity contribution in [3.63, 3.8) is 0 Å². The fourth-order valence-corrected chi connectivity index (χ4v) is 3.79. The molecule has 1 saturated heterocycles. The maximum absolute atomic E-state index is 12.0. The molecule has 23 heavy (non-hydrogen) atoms. The number of ether oxygens (including phenoxy) is 1. The van der Waals surface area contributed by atoms with E-state index in [1.54, 1.807) is 25.3 Å². The summed E-state index contributed by atoms with van der Waals surface area (Å²) in [7, 11) is 1.65. The molecule has 0 radical (unpaired) electrons. The first kappa shape index (κ1) is 18.1. The van der Waals surface area contributed by atoms with Crippen molar-refractivity contribution in [1.82, 2.24) is 5.32 Å². The SMILES string of the molecule is COC1(CNC(=O)C(=O)Nc2ccc(C)c(Cl)c2)CCSCC1. The molecule has 0 bridgehead atoms. The number of hydrogen-bond donors (Lipinski definition) is 2. The van der Waals surface area contributed by atoms with Crippen LogP contribution >= 0.6 is 23.4 Å². The van der Waals surface area contributed by atoms with Gasteiger partial charge in [0.15, 0.2) is 0 Å². The number of carbonyl (C=O) groups is 2. The molecule has 0 saturated carbocycles. The molecule has 1 aliphatic heterocycles. The van der Waals surface area contributed by atoms with Crippen LogP contribution in [-0.4, -0.2) is 42.6 Å². The molecule has 2 rings (SSSR count). The van der Waals surface area contributed by atoms with E-state index >= 15 is 0 Å². The predicted octanol–water partition coefficient (Wildman–Crippen LogP) is 2.62. The number of hydrogen-bond acceptors (Lipinski definition) is 4. The Morgan fingerprint density at radius 1 is 1.30 bits per heavy atom. The van der Waals surface area contributed by atoms with Gasteiger partial charge in [-0.1, -0.05) is 17.7 Å². The second-order valence-corrected chi connectivity index (χ2v) is 7.23. The minimum atomic E-state index is -0.707. The molecule has 2 N–H and O–H groups in total. The Labute approximate surface area is 145 Å². The summed E-state index contributed by atoms with van der Waals surface area (Å²) in [6.07, 6.45) is 1.73. The van der Waals surface area contributed by atoms with E-state index in [-0.39, 0.29) is 5.60 Å². The number of aryl methyl sites for hydroxylation is 1. The van der Waals surface area contributed by atoms with Gasteiger partial charge in [0.2, 0.25) is 0 Å². The minimum Gasteiger partial charge on any atom is -0.376 e. The molecule has 5 nitrogen and oxygen atoms in total. The lowest BCUT2D eigenvalue weighted by molar-refractivity contribution is -0.137. The summed E-state index contributed by atoms with van der Waals surface area (Å²) in [4.78, 5) is 23.9. The van der Waals surface area contributed by atoms with Gasteiger partial charge in [0.05, 0.1) is 5.60 Å². The van der Waals surface area contributed by atoms with Crippen molar-refractivity contribution >= 4 is 40.9 Å². The molecule has 0 atom stereocenters. The van der Waals surface area contributed by atoms with Crippen molar-refractivity contribution in [2.75, 3.05) is 30.5 Å². The maximum atomic E-state index is 12.0. The first-order chi connectivity index (χ1) is 11.0. The van der Waals surface area contributed by atoms with Crippen LogP contribution in [0.3, 0.4) is 0 Å². The second-order valence-electron chi connectivity index (χ2n) is 5.60. The van der Waals surface area contributed by atoms with Gasteiger partial charge in [-0.3, -0.25) is 9.59 Å². The van der Waals surface area contributed by atoms with Gasteiger partial charge in [-0.25, -0.2) is 0 Å². The summed E-state index contributed by atoms with van der Waals surface area (Å²) in [6, 6.07) is 5.12. The van der Waals surface area contributed by atoms with Crippen molar-refractivity contribution in [1.29, 1.82) is 0 Å². The van der Waals surface area contributed by atoms with E-state index in [9.17, 15) is 9.59 Å². The summed E-state index contributed by atoms with van der Waals surface area (Å²) in [5.41, 5.74) is 1.04. The van der Waals surface area contributed by atoms with Crippen LogP contribution < -0.4 is 10.6 Å². The lowest BCUT2D eigenvalue weighted by Gasteiger charge is -2.35. The fourth-order valence-electron chi connectivity index (χ4n) is 2.38. The zero-order valence-electron chi connectivity index (χ0n) is 13.3. The van der Waals surface area contributed by atoms with E-state index in [1.807, 2.05) is 18.7 Å². The van der Waals surface area contributed by atoms with Crippen molar-refractivity contribution < 1.29 is 14.3 Å². The number of amides is 2. The molecule has 0 unspecified atom stereocenters. The molecular formula is C16H21ClN2O3S. The first-order valence-electron chi connectivity index (χ1n) is 7.44. The molecule has 0 spiro atoms. The molecule has 2 amide bonds. The Bertz CT molecular complexity index is 589. The molecular weight excluding hydrogens is 336 g/mol. The molecule has 1 aromatic rings. The van der Waals surface area contributed by atoms with E-state index in [4.69, 9.17) is 16.3 Å². The van der Waals surface area contributed by atoms with Crippen LogP contribution in [0.2, 0.25) is 5.02 Å². The summed E-state index contributed by atoms with van der Waals surface area (Å²) in [5.74, 6) is 0.618. The quantitative estimate of drug-likeness (QED) is 0.814. The Balaban J connectivity index is 1.89. The Morgan fingerprint density at radius 2 is 2.00 bits per heavy atom. The Kier molecular flexibility index (Phi) is 6.33. The number of halogens is 1. The summed E-state index contributed by atoms with van der Waals surface area (Å²) >= 11 is 7.88. The minimum absolute atomic E-state index is 0.338. The molecule has 126 valence electrons. The van der Waals surface area contributed by atoms with Gasteiger partial charge in [0.1, 0.15) is 0 Å². The number of nitrogens with one attached hydrogen (secondary N) is 2. The smallest absolute Gasteiger partial charge is 0.313 e. The van der Waals surface area contributed by atoms with Crippen molar-refractivity contribution in [2.45, 2.75) is 25.4 Å². The maximum Gasteiger partial charge on any atom is 0.313 e. The fraction of sp³-hybridized carbons (Fsp3) is 0.500. The lowest BCUT2D eigenvalue weighted by Crippen LogP contribution is -2.49. The Morgan fingerprint density at radius 3 is 2.61 bits per heavy atom. The third-order valence-electron chi connectivity index (χ3n) is 4.04. The zero-order valence-corrected chi connectivity index (χ0v) is 14.9. The van der Waals surface area contributed by atoms with Gasteiger partial charge in [-0.2, -0.15) is 11.8 Å². The zero-order chi connectivity index (χ0) is 16.9. The molecule has 0 aromatic heterocycles. The van der Waals surface area contributed by atoms with Gasteiger partial charge in [-0.05, 0) is 49.0 Å². The van der Waals surface area contributed by atoms with E-state index in [0.29, 0.717) is 17.3 Å². The molecule has 0 aliphatic carbocycles. The lowest BCUT2D eigenvalue weighted by atomic mass is 9.96. The van der Waals surface area contributed by atoms with Crippen LogP contribution in [0.5, 0.6) is 0 Å². The number of benzene rings is 1. The third-order valence-corrected chi connectivity index (χ3v) is 5.44. The van der Waals surface area contributed by atoms with Gasteiger partial charge >= 0.3 is 11.8 Å². The van der Waals surface area contributed by atoms with Crippen LogP contribution in [0.15, 0.2) is 18.2 Å². The van der Waals surface area contributed by atoms with E-state index in [0.717, 1.165) is 29.9 Å². The van der Waals surface area contributed by atoms with E-state index in [2.05, 4.69) is 10.6 Å². The number of thioether (sulfide) groups is 1. The van der Waals surface area contributed by atoms with Gasteiger partial charge in [0.25, 0.3) is 0 Å². The van der Waals surface area contributed by atoms with Gasteiger partial charge < -0.3 is 15.4 Å². The molecule has 1 aliphatic rings. The largest absolute Gasteiger partial charge is 0.376 e. The highest BCUT2D eigenvalue weighted by Crippen LogP contribution is 2.29. The standard InChI is InChI=1S/C16H21ClN2O3S/c1-11-3-4-12(9-13(11)17)19-15(21)14(20)18-10-16(22-2)5-7-23-8-6-16/h3-4,9H,5-8,10H2,1-2H3,(H,18,20)(H,19,21). The molecule has 1 heterocycles. The average molecular weight is 357 g/mol. The normalized spacial score (nSPS) is 16.7. The molecule has 1 fully saturated rings. The highest BCUT2D eigenvalue weighted by molar-refractivity contribution is 7.99. The number of carbonyl (C=O) groups excluding carboxylic acids is 2. The van der Waals surface area contributed by atoms with Crippen LogP contribution in [0, 0.1) is 6.92 Å². The second kappa shape index (κ2) is 8.04. The van der Waals surface area contributed by atoms with Crippen molar-refractivity contribution in [2.24, 2.45) is 0 Å². The van der Waals surface area contributed by atoms with Crippen LogP contribution in [0.4, 0.5) is 5.69 Å². The highest BCUT2D eigenvalue weighted by atomic mass is 35.5. The third kappa shape index (κ3) is 4.86. The summed E-state index contributed by atoms with van der Waals surface area (Å²) in [6.45, 7) is 2.21. The topological polar surface area (TPSA) is 67.4 Å². The predicted molar refractivity (Wildman–Crippen MR) is 94.1 cm³/mol. The monoisotopic (exact) mass is 356 g/mol. The van der Waals surface area contributed by atoms with Crippen molar-refractivity contribution in [3.8, 4) is 0 Å². The van der Waals surface area contributed by atoms with Crippen molar-refractivity contribution in [3.05, 3.63) is 28.8 Å². The number of rotatable bonds is 4. The average Bonchev–Trinajstić information content (AvgIpc) is 2.57.